The molecule has 1 aromatic rings. The van der Waals surface area contributed by atoms with E-state index in [4.69, 9.17) is 0 Å². The SMILES string of the molecule is C/C=C/CCNC(=O)c1ccc(Br)c([N+](=O)[O-])c1. The number of hydrogen-bond acceptors (Lipinski definition) is 3. The lowest BCUT2D eigenvalue weighted by Crippen LogP contribution is -2.24. The van der Waals surface area contributed by atoms with Crippen LogP contribution in [0.25, 0.3) is 0 Å². The molecular formula is C12H13BrN2O3. The van der Waals surface area contributed by atoms with Crippen molar-refractivity contribution in [3.05, 3.63) is 50.5 Å². The van der Waals surface area contributed by atoms with Gasteiger partial charge in [-0.3, -0.25) is 14.9 Å². The zero-order chi connectivity index (χ0) is 13.5. The van der Waals surface area contributed by atoms with Gasteiger partial charge >= 0.3 is 0 Å². The largest absolute Gasteiger partial charge is 0.352 e. The van der Waals surface area contributed by atoms with E-state index in [-0.39, 0.29) is 17.2 Å². The molecule has 96 valence electrons. The van der Waals surface area contributed by atoms with Gasteiger partial charge in [-0.05, 0) is 41.4 Å². The Kier molecular flexibility index (Phi) is 5.51. The summed E-state index contributed by atoms with van der Waals surface area (Å²) >= 11 is 3.07. The zero-order valence-electron chi connectivity index (χ0n) is 9.85. The van der Waals surface area contributed by atoms with Gasteiger partial charge in [0.25, 0.3) is 11.6 Å². The lowest BCUT2D eigenvalue weighted by molar-refractivity contribution is -0.385. The van der Waals surface area contributed by atoms with E-state index in [0.29, 0.717) is 11.0 Å². The number of benzene rings is 1. The third kappa shape index (κ3) is 3.96. The first-order valence-corrected chi connectivity index (χ1v) is 6.19. The molecule has 0 fully saturated rings. The van der Waals surface area contributed by atoms with Crippen molar-refractivity contribution in [3.8, 4) is 0 Å². The number of nitro groups is 1. The van der Waals surface area contributed by atoms with E-state index < -0.39 is 4.92 Å². The van der Waals surface area contributed by atoms with Crippen LogP contribution in [-0.4, -0.2) is 17.4 Å². The Balaban J connectivity index is 2.74. The maximum atomic E-state index is 11.7. The minimum absolute atomic E-state index is 0.115. The van der Waals surface area contributed by atoms with Crippen LogP contribution in [0.3, 0.4) is 0 Å². The van der Waals surface area contributed by atoms with E-state index in [1.54, 1.807) is 6.07 Å². The molecule has 0 aliphatic carbocycles. The van der Waals surface area contributed by atoms with E-state index in [2.05, 4.69) is 21.2 Å². The molecule has 0 spiro atoms. The predicted molar refractivity (Wildman–Crippen MR) is 72.6 cm³/mol. The van der Waals surface area contributed by atoms with Crippen LogP contribution >= 0.6 is 15.9 Å². The summed E-state index contributed by atoms with van der Waals surface area (Å²) in [5.41, 5.74) is 0.168. The van der Waals surface area contributed by atoms with Crippen LogP contribution in [0.2, 0.25) is 0 Å². The molecule has 0 bridgehead atoms. The molecule has 0 unspecified atom stereocenters. The lowest BCUT2D eigenvalue weighted by Gasteiger charge is -2.04. The van der Waals surface area contributed by atoms with Gasteiger partial charge in [0.1, 0.15) is 0 Å². The summed E-state index contributed by atoms with van der Waals surface area (Å²) in [5, 5.41) is 13.4. The van der Waals surface area contributed by atoms with E-state index in [9.17, 15) is 14.9 Å². The number of carbonyl (C=O) groups is 1. The highest BCUT2D eigenvalue weighted by molar-refractivity contribution is 9.10. The molecule has 0 aliphatic rings. The normalized spacial score (nSPS) is 10.6. The second-order valence-corrected chi connectivity index (χ2v) is 4.39. The minimum Gasteiger partial charge on any atom is -0.352 e. The van der Waals surface area contributed by atoms with Gasteiger partial charge in [-0.2, -0.15) is 0 Å². The molecule has 1 N–H and O–H groups in total. The van der Waals surface area contributed by atoms with Crippen LogP contribution in [0, 0.1) is 10.1 Å². The molecule has 0 atom stereocenters. The van der Waals surface area contributed by atoms with Crippen molar-refractivity contribution in [1.29, 1.82) is 0 Å². The van der Waals surface area contributed by atoms with Gasteiger partial charge in [-0.1, -0.05) is 12.2 Å². The Bertz CT molecular complexity index is 486. The van der Waals surface area contributed by atoms with Crippen LogP contribution in [-0.2, 0) is 0 Å². The fraction of sp³-hybridized carbons (Fsp3) is 0.250. The minimum atomic E-state index is -0.527. The topological polar surface area (TPSA) is 72.2 Å². The Morgan fingerprint density at radius 1 is 1.56 bits per heavy atom. The number of nitrogens with one attached hydrogen (secondary N) is 1. The molecule has 1 rings (SSSR count). The second kappa shape index (κ2) is 6.90. The summed E-state index contributed by atoms with van der Waals surface area (Å²) < 4.78 is 0.359. The van der Waals surface area contributed by atoms with Crippen LogP contribution in [0.15, 0.2) is 34.8 Å². The van der Waals surface area contributed by atoms with Gasteiger partial charge < -0.3 is 5.32 Å². The number of hydrogen-bond donors (Lipinski definition) is 1. The average molecular weight is 313 g/mol. The van der Waals surface area contributed by atoms with Gasteiger partial charge in [-0.25, -0.2) is 0 Å². The van der Waals surface area contributed by atoms with E-state index >= 15 is 0 Å². The van der Waals surface area contributed by atoms with Gasteiger partial charge in [0, 0.05) is 18.2 Å². The summed E-state index contributed by atoms with van der Waals surface area (Å²) in [6.45, 7) is 2.41. The van der Waals surface area contributed by atoms with Crippen molar-refractivity contribution < 1.29 is 9.72 Å². The molecule has 0 saturated carbocycles. The first-order valence-electron chi connectivity index (χ1n) is 5.39. The molecule has 0 radical (unpaired) electrons. The van der Waals surface area contributed by atoms with Crippen molar-refractivity contribution >= 4 is 27.5 Å². The van der Waals surface area contributed by atoms with Crippen molar-refractivity contribution in [2.75, 3.05) is 6.54 Å². The molecule has 0 heterocycles. The summed E-state index contributed by atoms with van der Waals surface area (Å²) in [6, 6.07) is 4.30. The quantitative estimate of drug-likeness (QED) is 0.393. The number of nitro benzene ring substituents is 1. The molecule has 6 heteroatoms. The monoisotopic (exact) mass is 312 g/mol. The molecule has 5 nitrogen and oxygen atoms in total. The molecule has 0 aromatic heterocycles. The highest BCUT2D eigenvalue weighted by Crippen LogP contribution is 2.25. The third-order valence-electron chi connectivity index (χ3n) is 2.24. The number of allylic oxidation sites excluding steroid dienone is 1. The highest BCUT2D eigenvalue weighted by Gasteiger charge is 2.15. The van der Waals surface area contributed by atoms with Crippen molar-refractivity contribution in [3.63, 3.8) is 0 Å². The van der Waals surface area contributed by atoms with Crippen molar-refractivity contribution in [1.82, 2.24) is 5.32 Å². The molecular weight excluding hydrogens is 300 g/mol. The number of nitrogens with zero attached hydrogens (tertiary/aromatic N) is 1. The fourth-order valence-corrected chi connectivity index (χ4v) is 1.72. The van der Waals surface area contributed by atoms with Crippen LogP contribution in [0.5, 0.6) is 0 Å². The Morgan fingerprint density at radius 2 is 2.28 bits per heavy atom. The van der Waals surface area contributed by atoms with E-state index in [0.717, 1.165) is 6.42 Å². The zero-order valence-corrected chi connectivity index (χ0v) is 11.4. The van der Waals surface area contributed by atoms with Crippen molar-refractivity contribution in [2.45, 2.75) is 13.3 Å². The molecule has 18 heavy (non-hydrogen) atoms. The fourth-order valence-electron chi connectivity index (χ4n) is 1.33. The highest BCUT2D eigenvalue weighted by atomic mass is 79.9. The number of halogens is 1. The summed E-state index contributed by atoms with van der Waals surface area (Å²) in [5.74, 6) is -0.310. The van der Waals surface area contributed by atoms with E-state index in [1.165, 1.54) is 12.1 Å². The van der Waals surface area contributed by atoms with Crippen LogP contribution < -0.4 is 5.32 Å². The first-order chi connectivity index (χ1) is 8.56. The lowest BCUT2D eigenvalue weighted by atomic mass is 10.2. The summed E-state index contributed by atoms with van der Waals surface area (Å²) in [6.07, 6.45) is 4.57. The number of carbonyl (C=O) groups excluding carboxylic acids is 1. The Hall–Kier alpha value is -1.69. The third-order valence-corrected chi connectivity index (χ3v) is 2.91. The Morgan fingerprint density at radius 3 is 2.89 bits per heavy atom. The van der Waals surface area contributed by atoms with Crippen LogP contribution in [0.4, 0.5) is 5.69 Å². The first kappa shape index (κ1) is 14.4. The maximum absolute atomic E-state index is 11.7. The average Bonchev–Trinajstić information content (AvgIpc) is 2.34. The Labute approximate surface area is 113 Å². The number of rotatable bonds is 5. The standard InChI is InChI=1S/C12H13BrN2O3/c1-2-3-4-7-14-12(16)9-5-6-10(13)11(8-9)15(17)18/h2-3,5-6,8H,4,7H2,1H3,(H,14,16)/b3-2+. The molecule has 0 aliphatic heterocycles. The van der Waals surface area contributed by atoms with Crippen LogP contribution in [0.1, 0.15) is 23.7 Å². The van der Waals surface area contributed by atoms with Gasteiger partial charge in [-0.15, -0.1) is 0 Å². The number of amides is 1. The van der Waals surface area contributed by atoms with Gasteiger partial charge in [0.15, 0.2) is 0 Å². The molecule has 1 amide bonds. The summed E-state index contributed by atoms with van der Waals surface area (Å²) in [4.78, 5) is 21.9. The molecule has 1 aromatic carbocycles. The second-order valence-electron chi connectivity index (χ2n) is 3.54. The van der Waals surface area contributed by atoms with Gasteiger partial charge in [0.05, 0.1) is 9.40 Å². The van der Waals surface area contributed by atoms with Gasteiger partial charge in [0.2, 0.25) is 0 Å². The predicted octanol–water partition coefficient (Wildman–Crippen LogP) is 3.05. The smallest absolute Gasteiger partial charge is 0.284 e. The maximum Gasteiger partial charge on any atom is 0.284 e. The summed E-state index contributed by atoms with van der Waals surface area (Å²) in [7, 11) is 0. The van der Waals surface area contributed by atoms with E-state index in [1.807, 2.05) is 19.1 Å². The van der Waals surface area contributed by atoms with Crippen molar-refractivity contribution in [2.24, 2.45) is 0 Å². The molecule has 0 saturated heterocycles.